The molecule has 0 aromatic heterocycles. The topological polar surface area (TPSA) is 9.23 Å². The van der Waals surface area contributed by atoms with E-state index in [0.717, 1.165) is 0 Å². The Kier molecular flexibility index (Phi) is 4.25. The standard InChI is InChI=1S/C6H14Cl2OSi/c1-5(2)9-10(7,8)6(3)4/h5-6H,1-4H3. The molecule has 4 heteroatoms. The maximum absolute atomic E-state index is 5.95. The van der Waals surface area contributed by atoms with Crippen LogP contribution in [-0.2, 0) is 4.43 Å². The monoisotopic (exact) mass is 200 g/mol. The SMILES string of the molecule is CC(C)O[Si](Cl)(Cl)C(C)C. The zero-order valence-electron chi connectivity index (χ0n) is 6.82. The normalized spacial score (nSPS) is 13.2. The van der Waals surface area contributed by atoms with Gasteiger partial charge in [-0.1, -0.05) is 13.8 Å². The highest BCUT2D eigenvalue weighted by molar-refractivity contribution is 7.42. The van der Waals surface area contributed by atoms with Gasteiger partial charge >= 0.3 is 6.94 Å². The first-order chi connectivity index (χ1) is 4.36. The van der Waals surface area contributed by atoms with E-state index in [1.807, 2.05) is 27.7 Å². The Morgan fingerprint density at radius 2 is 1.50 bits per heavy atom. The van der Waals surface area contributed by atoms with Crippen LogP contribution in [0.3, 0.4) is 0 Å². The number of halogens is 2. The molecule has 0 aromatic rings. The van der Waals surface area contributed by atoms with Crippen molar-refractivity contribution in [1.29, 1.82) is 0 Å². The minimum absolute atomic E-state index is 0.129. The molecule has 0 aliphatic carbocycles. The molecular formula is C6H14Cl2OSi. The molecule has 0 N–H and O–H groups in total. The molecule has 0 amide bonds. The van der Waals surface area contributed by atoms with Crippen LogP contribution in [0.1, 0.15) is 27.7 Å². The van der Waals surface area contributed by atoms with Gasteiger partial charge in [0.2, 0.25) is 0 Å². The third-order valence-electron chi connectivity index (χ3n) is 1.06. The van der Waals surface area contributed by atoms with Crippen molar-refractivity contribution in [2.75, 3.05) is 0 Å². The van der Waals surface area contributed by atoms with Gasteiger partial charge in [0.1, 0.15) is 0 Å². The summed E-state index contributed by atoms with van der Waals surface area (Å²) in [6.45, 7) is 5.44. The molecule has 10 heavy (non-hydrogen) atoms. The Morgan fingerprint density at radius 1 is 1.10 bits per heavy atom. The molecule has 0 radical (unpaired) electrons. The molecule has 0 saturated carbocycles. The Hall–Kier alpha value is 0.757. The molecule has 0 fully saturated rings. The second-order valence-electron chi connectivity index (χ2n) is 2.88. The molecular weight excluding hydrogens is 187 g/mol. The van der Waals surface area contributed by atoms with Crippen LogP contribution in [-0.4, -0.2) is 13.0 Å². The summed E-state index contributed by atoms with van der Waals surface area (Å²) in [5.74, 6) is 0. The van der Waals surface area contributed by atoms with Crippen LogP contribution in [0.25, 0.3) is 0 Å². The summed E-state index contributed by atoms with van der Waals surface area (Å²) in [5, 5.41) is 0. The Labute approximate surface area is 73.2 Å². The van der Waals surface area contributed by atoms with Crippen LogP contribution in [0.15, 0.2) is 0 Å². The Balaban J connectivity index is 3.87. The van der Waals surface area contributed by atoms with Gasteiger partial charge in [-0.3, -0.25) is 0 Å². The molecule has 0 rings (SSSR count). The highest BCUT2D eigenvalue weighted by atomic mass is 35.7. The van der Waals surface area contributed by atoms with E-state index in [-0.39, 0.29) is 11.6 Å². The van der Waals surface area contributed by atoms with Crippen molar-refractivity contribution >= 4 is 29.1 Å². The summed E-state index contributed by atoms with van der Waals surface area (Å²) in [6, 6.07) is 0. The van der Waals surface area contributed by atoms with Gasteiger partial charge < -0.3 is 4.43 Å². The van der Waals surface area contributed by atoms with Crippen molar-refractivity contribution < 1.29 is 4.43 Å². The van der Waals surface area contributed by atoms with E-state index in [4.69, 9.17) is 26.6 Å². The third-order valence-corrected chi connectivity index (χ3v) is 6.35. The van der Waals surface area contributed by atoms with E-state index < -0.39 is 6.94 Å². The largest absolute Gasteiger partial charge is 0.392 e. The Morgan fingerprint density at radius 3 is 1.60 bits per heavy atom. The van der Waals surface area contributed by atoms with E-state index in [1.54, 1.807) is 0 Å². The number of hydrogen-bond acceptors (Lipinski definition) is 1. The predicted octanol–water partition coefficient (Wildman–Crippen LogP) is 3.24. The third kappa shape index (κ3) is 3.81. The maximum Gasteiger partial charge on any atom is 0.392 e. The molecule has 0 aliphatic heterocycles. The van der Waals surface area contributed by atoms with E-state index in [1.165, 1.54) is 0 Å². The average Bonchev–Trinajstić information content (AvgIpc) is 1.60. The first-order valence-corrected chi connectivity index (χ1v) is 7.43. The fraction of sp³-hybridized carbons (Fsp3) is 1.00. The highest BCUT2D eigenvalue weighted by Gasteiger charge is 2.35. The zero-order valence-corrected chi connectivity index (χ0v) is 9.33. The first kappa shape index (κ1) is 10.8. The molecule has 0 bridgehead atoms. The lowest BCUT2D eigenvalue weighted by Crippen LogP contribution is -2.31. The first-order valence-electron chi connectivity index (χ1n) is 3.42. The minimum Gasteiger partial charge on any atom is -0.390 e. The van der Waals surface area contributed by atoms with E-state index in [9.17, 15) is 0 Å². The molecule has 0 atom stereocenters. The van der Waals surface area contributed by atoms with Crippen LogP contribution >= 0.6 is 22.2 Å². The fourth-order valence-corrected chi connectivity index (χ4v) is 2.42. The number of hydrogen-bond donors (Lipinski definition) is 0. The molecule has 0 spiro atoms. The molecule has 0 aromatic carbocycles. The van der Waals surface area contributed by atoms with Gasteiger partial charge in [0, 0.05) is 6.10 Å². The van der Waals surface area contributed by atoms with E-state index in [0.29, 0.717) is 0 Å². The second-order valence-corrected chi connectivity index (χ2v) is 9.35. The lowest BCUT2D eigenvalue weighted by Gasteiger charge is -2.23. The van der Waals surface area contributed by atoms with Gasteiger partial charge in [0.15, 0.2) is 0 Å². The molecule has 0 saturated heterocycles. The van der Waals surface area contributed by atoms with Gasteiger partial charge in [-0.05, 0) is 19.4 Å². The van der Waals surface area contributed by atoms with Gasteiger partial charge in [-0.2, -0.15) is 0 Å². The lowest BCUT2D eigenvalue weighted by molar-refractivity contribution is 0.242. The molecule has 62 valence electrons. The number of rotatable bonds is 3. The summed E-state index contributed by atoms with van der Waals surface area (Å²) in [4.78, 5) is 0. The summed E-state index contributed by atoms with van der Waals surface area (Å²) in [5.41, 5.74) is 0.248. The van der Waals surface area contributed by atoms with Crippen LogP contribution in [0, 0.1) is 0 Å². The van der Waals surface area contributed by atoms with Crippen LogP contribution in [0.2, 0.25) is 5.54 Å². The maximum atomic E-state index is 5.95. The molecule has 0 heterocycles. The molecule has 0 aliphatic rings. The van der Waals surface area contributed by atoms with Crippen LogP contribution in [0.5, 0.6) is 0 Å². The predicted molar refractivity (Wildman–Crippen MR) is 48.8 cm³/mol. The average molecular weight is 201 g/mol. The summed E-state index contributed by atoms with van der Waals surface area (Å²) < 4.78 is 5.37. The van der Waals surface area contributed by atoms with Gasteiger partial charge in [-0.25, -0.2) is 0 Å². The minimum atomic E-state index is -2.40. The summed E-state index contributed by atoms with van der Waals surface area (Å²) in [7, 11) is 0. The van der Waals surface area contributed by atoms with Crippen molar-refractivity contribution in [2.45, 2.75) is 39.3 Å². The Bertz CT molecular complexity index is 104. The smallest absolute Gasteiger partial charge is 0.390 e. The van der Waals surface area contributed by atoms with Crippen LogP contribution < -0.4 is 0 Å². The quantitative estimate of drug-likeness (QED) is 0.503. The van der Waals surface area contributed by atoms with Crippen molar-refractivity contribution in [1.82, 2.24) is 0 Å². The van der Waals surface area contributed by atoms with E-state index in [2.05, 4.69) is 0 Å². The summed E-state index contributed by atoms with van der Waals surface area (Å²) in [6.07, 6.45) is 0.129. The van der Waals surface area contributed by atoms with Crippen molar-refractivity contribution in [3.63, 3.8) is 0 Å². The fourth-order valence-electron chi connectivity index (χ4n) is 0.450. The van der Waals surface area contributed by atoms with E-state index >= 15 is 0 Å². The van der Waals surface area contributed by atoms with Crippen LogP contribution in [0.4, 0.5) is 0 Å². The van der Waals surface area contributed by atoms with Crippen molar-refractivity contribution in [3.05, 3.63) is 0 Å². The van der Waals surface area contributed by atoms with Crippen molar-refractivity contribution in [2.24, 2.45) is 0 Å². The molecule has 0 unspecified atom stereocenters. The van der Waals surface area contributed by atoms with Gasteiger partial charge in [0.25, 0.3) is 0 Å². The van der Waals surface area contributed by atoms with Gasteiger partial charge in [0.05, 0.1) is 0 Å². The van der Waals surface area contributed by atoms with Gasteiger partial charge in [-0.15, -0.1) is 22.2 Å². The second kappa shape index (κ2) is 3.95. The zero-order chi connectivity index (χ0) is 8.36. The van der Waals surface area contributed by atoms with Crippen molar-refractivity contribution in [3.8, 4) is 0 Å². The highest BCUT2D eigenvalue weighted by Crippen LogP contribution is 2.31. The lowest BCUT2D eigenvalue weighted by atomic mass is 10.5. The molecule has 1 nitrogen and oxygen atoms in total. The summed E-state index contributed by atoms with van der Waals surface area (Å²) >= 11 is 11.9.